The molecule has 0 saturated heterocycles. The summed E-state index contributed by atoms with van der Waals surface area (Å²) in [7, 11) is -4.64. The third kappa shape index (κ3) is 28.3. The molecule has 0 aliphatic carbocycles. The molecule has 0 saturated carbocycles. The lowest BCUT2D eigenvalue weighted by molar-refractivity contribution is 0.259. The second-order valence-electron chi connectivity index (χ2n) is 5.83. The number of rotatable bonds is 13. The van der Waals surface area contributed by atoms with E-state index in [-0.39, 0.29) is 0 Å². The van der Waals surface area contributed by atoms with E-state index in [2.05, 4.69) is 25.7 Å². The Morgan fingerprint density at radius 3 is 1.36 bits per heavy atom. The second kappa shape index (κ2) is 17.4. The number of nitrogens with zero attached hydrogens (tertiary/aromatic N) is 1. The number of unbranched alkanes of at least 4 members (excludes halogenated alkanes) is 7. The van der Waals surface area contributed by atoms with E-state index in [9.17, 15) is 0 Å². The Kier molecular flexibility index (Phi) is 19.3. The van der Waals surface area contributed by atoms with Crippen LogP contribution in [-0.4, -0.2) is 39.2 Å². The molecule has 22 heavy (non-hydrogen) atoms. The first-order valence-electron chi connectivity index (χ1n) is 8.85. The molecule has 0 aliphatic rings. The smallest absolute Gasteiger partial charge is 0.303 e. The van der Waals surface area contributed by atoms with Crippen LogP contribution in [-0.2, 0) is 4.57 Å². The highest BCUT2D eigenvalue weighted by atomic mass is 31.2. The molecule has 0 rings (SSSR count). The fourth-order valence-electron chi connectivity index (χ4n) is 2.21. The average Bonchev–Trinajstić information content (AvgIpc) is 2.43. The summed E-state index contributed by atoms with van der Waals surface area (Å²) in [6.07, 6.45) is 13.9. The first-order valence-corrected chi connectivity index (χ1v) is 10.4. The molecule has 136 valence electrons. The van der Waals surface area contributed by atoms with Crippen LogP contribution in [0.5, 0.6) is 0 Å². The lowest BCUT2D eigenvalue weighted by Gasteiger charge is -2.21. The lowest BCUT2D eigenvalue weighted by Crippen LogP contribution is -2.27. The Hall–Kier alpha value is 0.0700. The van der Waals surface area contributed by atoms with Crippen molar-refractivity contribution in [2.75, 3.05) is 19.6 Å². The van der Waals surface area contributed by atoms with E-state index >= 15 is 0 Å². The van der Waals surface area contributed by atoms with E-state index in [0.717, 1.165) is 0 Å². The Bertz CT molecular complexity index is 242. The van der Waals surface area contributed by atoms with Crippen molar-refractivity contribution in [2.45, 2.75) is 85.0 Å². The molecule has 0 atom stereocenters. The third-order valence-electron chi connectivity index (χ3n) is 3.48. The second-order valence-corrected chi connectivity index (χ2v) is 6.86. The largest absolute Gasteiger partial charge is 0.466 e. The highest BCUT2D eigenvalue weighted by Gasteiger charge is 2.03. The summed E-state index contributed by atoms with van der Waals surface area (Å²) in [6, 6.07) is 0. The van der Waals surface area contributed by atoms with Crippen LogP contribution >= 0.6 is 7.82 Å². The van der Waals surface area contributed by atoms with Crippen molar-refractivity contribution in [1.29, 1.82) is 0 Å². The minimum Gasteiger partial charge on any atom is -0.303 e. The minimum absolute atomic E-state index is 1.32. The summed E-state index contributed by atoms with van der Waals surface area (Å²) in [5.41, 5.74) is 0. The molecule has 0 aliphatic heterocycles. The van der Waals surface area contributed by atoms with E-state index in [0.29, 0.717) is 0 Å². The van der Waals surface area contributed by atoms with Gasteiger partial charge in [-0.25, -0.2) is 4.57 Å². The van der Waals surface area contributed by atoms with Crippen molar-refractivity contribution in [3.8, 4) is 0 Å². The van der Waals surface area contributed by atoms with Gasteiger partial charge in [-0.05, 0) is 38.9 Å². The molecule has 0 heterocycles. The standard InChI is InChI=1S/C16H35N.H3O4P/c1-4-7-10-11-12-13-16-17(14-8-5-2)15-9-6-3;1-5(2,3)4/h4-16H2,1-3H3;(H3,1,2,3,4). The maximum atomic E-state index is 8.88. The van der Waals surface area contributed by atoms with Crippen LogP contribution in [0, 0.1) is 0 Å². The molecule has 0 fully saturated rings. The first kappa shape index (κ1) is 24.3. The quantitative estimate of drug-likeness (QED) is 0.344. The van der Waals surface area contributed by atoms with Crippen molar-refractivity contribution < 1.29 is 19.2 Å². The van der Waals surface area contributed by atoms with Crippen LogP contribution in [0.15, 0.2) is 0 Å². The summed E-state index contributed by atoms with van der Waals surface area (Å²) in [5.74, 6) is 0. The molecule has 0 aromatic carbocycles. The molecule has 0 spiro atoms. The summed E-state index contributed by atoms with van der Waals surface area (Å²) in [6.45, 7) is 10.9. The van der Waals surface area contributed by atoms with Gasteiger partial charge < -0.3 is 19.6 Å². The van der Waals surface area contributed by atoms with Crippen molar-refractivity contribution in [1.82, 2.24) is 4.90 Å². The van der Waals surface area contributed by atoms with Gasteiger partial charge in [-0.3, -0.25) is 0 Å². The molecule has 5 nitrogen and oxygen atoms in total. The monoisotopic (exact) mass is 339 g/mol. The fourth-order valence-corrected chi connectivity index (χ4v) is 2.21. The van der Waals surface area contributed by atoms with Crippen molar-refractivity contribution in [3.63, 3.8) is 0 Å². The number of phosphoric acid groups is 1. The molecular weight excluding hydrogens is 301 g/mol. The van der Waals surface area contributed by atoms with E-state index in [1.165, 1.54) is 83.8 Å². The minimum atomic E-state index is -4.64. The van der Waals surface area contributed by atoms with Crippen molar-refractivity contribution >= 4 is 7.82 Å². The van der Waals surface area contributed by atoms with Gasteiger partial charge >= 0.3 is 7.82 Å². The number of hydrogen-bond donors (Lipinski definition) is 3. The van der Waals surface area contributed by atoms with Gasteiger partial charge in [0.15, 0.2) is 0 Å². The zero-order valence-corrected chi connectivity index (χ0v) is 15.7. The average molecular weight is 339 g/mol. The van der Waals surface area contributed by atoms with E-state index in [1.54, 1.807) is 0 Å². The van der Waals surface area contributed by atoms with Crippen LogP contribution in [0.4, 0.5) is 0 Å². The van der Waals surface area contributed by atoms with E-state index < -0.39 is 7.82 Å². The van der Waals surface area contributed by atoms with Gasteiger partial charge in [0.1, 0.15) is 0 Å². The summed E-state index contributed by atoms with van der Waals surface area (Å²) in [5, 5.41) is 0. The summed E-state index contributed by atoms with van der Waals surface area (Å²) < 4.78 is 8.88. The molecule has 0 bridgehead atoms. The van der Waals surface area contributed by atoms with Gasteiger partial charge in [0, 0.05) is 0 Å². The first-order chi connectivity index (χ1) is 10.3. The maximum Gasteiger partial charge on any atom is 0.466 e. The van der Waals surface area contributed by atoms with Crippen LogP contribution in [0.25, 0.3) is 0 Å². The van der Waals surface area contributed by atoms with Gasteiger partial charge in [0.05, 0.1) is 0 Å². The molecular formula is C16H38NO4P. The molecule has 0 amide bonds. The van der Waals surface area contributed by atoms with Crippen LogP contribution in [0.1, 0.15) is 85.0 Å². The number of hydrogen-bond acceptors (Lipinski definition) is 2. The summed E-state index contributed by atoms with van der Waals surface area (Å²) in [4.78, 5) is 24.2. The van der Waals surface area contributed by atoms with Crippen LogP contribution in [0.3, 0.4) is 0 Å². The Morgan fingerprint density at radius 1 is 0.636 bits per heavy atom. The lowest BCUT2D eigenvalue weighted by atomic mass is 10.1. The molecule has 0 radical (unpaired) electrons. The molecule has 0 aromatic heterocycles. The summed E-state index contributed by atoms with van der Waals surface area (Å²) >= 11 is 0. The van der Waals surface area contributed by atoms with Gasteiger partial charge in [0.25, 0.3) is 0 Å². The van der Waals surface area contributed by atoms with E-state index in [4.69, 9.17) is 19.2 Å². The maximum absolute atomic E-state index is 8.88. The normalized spacial score (nSPS) is 11.4. The zero-order valence-electron chi connectivity index (χ0n) is 14.8. The Labute approximate surface area is 137 Å². The van der Waals surface area contributed by atoms with E-state index in [1.807, 2.05) is 0 Å². The van der Waals surface area contributed by atoms with Gasteiger partial charge in [-0.1, -0.05) is 65.7 Å². The molecule has 0 aromatic rings. The highest BCUT2D eigenvalue weighted by molar-refractivity contribution is 7.45. The third-order valence-corrected chi connectivity index (χ3v) is 3.48. The van der Waals surface area contributed by atoms with Gasteiger partial charge in [-0.2, -0.15) is 0 Å². The predicted molar refractivity (Wildman–Crippen MR) is 93.9 cm³/mol. The SMILES string of the molecule is CCCCCCCCN(CCCC)CCCC.O=P(O)(O)O. The topological polar surface area (TPSA) is 81.0 Å². The molecule has 0 unspecified atom stereocenters. The van der Waals surface area contributed by atoms with Crippen molar-refractivity contribution in [2.24, 2.45) is 0 Å². The Morgan fingerprint density at radius 2 is 0.955 bits per heavy atom. The van der Waals surface area contributed by atoms with Crippen molar-refractivity contribution in [3.05, 3.63) is 0 Å². The van der Waals surface area contributed by atoms with Gasteiger partial charge in [-0.15, -0.1) is 0 Å². The Balaban J connectivity index is 0. The molecule has 3 N–H and O–H groups in total. The highest BCUT2D eigenvalue weighted by Crippen LogP contribution is 2.25. The van der Waals surface area contributed by atoms with Crippen LogP contribution < -0.4 is 0 Å². The van der Waals surface area contributed by atoms with Crippen LogP contribution in [0.2, 0.25) is 0 Å². The fraction of sp³-hybridized carbons (Fsp3) is 1.00. The predicted octanol–water partition coefficient (Wildman–Crippen LogP) is 4.32. The zero-order chi connectivity index (χ0) is 17.3. The van der Waals surface area contributed by atoms with Gasteiger partial charge in [0.2, 0.25) is 0 Å². The molecule has 6 heteroatoms.